The van der Waals surface area contributed by atoms with Crippen molar-refractivity contribution in [3.05, 3.63) is 0 Å². The molecule has 2 rings (SSSR count). The van der Waals surface area contributed by atoms with Gasteiger partial charge in [0.05, 0.1) is 12.2 Å². The van der Waals surface area contributed by atoms with E-state index in [9.17, 15) is 0 Å². The van der Waals surface area contributed by atoms with Crippen LogP contribution in [-0.2, 0) is 4.74 Å². The number of ether oxygens (including phenoxy) is 1. The minimum absolute atomic E-state index is 0.320. The van der Waals surface area contributed by atoms with Gasteiger partial charge in [-0.1, -0.05) is 25.7 Å². The molecule has 0 spiro atoms. The SMILES string of the molecule is NCC1CCC(CNC2CCCCCC2)O1. The van der Waals surface area contributed by atoms with Crippen LogP contribution in [0.2, 0.25) is 0 Å². The van der Waals surface area contributed by atoms with Gasteiger partial charge >= 0.3 is 0 Å². The number of hydrogen-bond acceptors (Lipinski definition) is 3. The molecule has 1 aliphatic carbocycles. The molecule has 0 aromatic heterocycles. The molecular formula is C13H26N2O. The average Bonchev–Trinajstić information content (AvgIpc) is 2.61. The lowest BCUT2D eigenvalue weighted by Crippen LogP contribution is -2.35. The molecule has 0 aromatic carbocycles. The predicted octanol–water partition coefficient (Wildman–Crippen LogP) is 1.81. The van der Waals surface area contributed by atoms with Gasteiger partial charge in [0.15, 0.2) is 0 Å². The van der Waals surface area contributed by atoms with Crippen molar-refractivity contribution in [1.29, 1.82) is 0 Å². The van der Waals surface area contributed by atoms with Crippen LogP contribution in [-0.4, -0.2) is 31.3 Å². The van der Waals surface area contributed by atoms with E-state index in [4.69, 9.17) is 10.5 Å². The molecule has 2 fully saturated rings. The van der Waals surface area contributed by atoms with Gasteiger partial charge in [-0.25, -0.2) is 0 Å². The zero-order valence-electron chi connectivity index (χ0n) is 10.3. The fraction of sp³-hybridized carbons (Fsp3) is 1.00. The van der Waals surface area contributed by atoms with Gasteiger partial charge in [-0.2, -0.15) is 0 Å². The Kier molecular flexibility index (Phi) is 5.07. The van der Waals surface area contributed by atoms with E-state index in [1.54, 1.807) is 0 Å². The summed E-state index contributed by atoms with van der Waals surface area (Å²) in [5.41, 5.74) is 5.61. The maximum absolute atomic E-state index is 5.85. The normalized spacial score (nSPS) is 32.8. The molecule has 2 atom stereocenters. The monoisotopic (exact) mass is 226 g/mol. The molecule has 16 heavy (non-hydrogen) atoms. The lowest BCUT2D eigenvalue weighted by atomic mass is 10.1. The molecule has 94 valence electrons. The summed E-state index contributed by atoms with van der Waals surface area (Å²) in [6, 6.07) is 0.739. The molecule has 0 radical (unpaired) electrons. The quantitative estimate of drug-likeness (QED) is 0.719. The van der Waals surface area contributed by atoms with Crippen molar-refractivity contribution < 1.29 is 4.74 Å². The zero-order valence-corrected chi connectivity index (χ0v) is 10.3. The largest absolute Gasteiger partial charge is 0.372 e. The van der Waals surface area contributed by atoms with E-state index in [0.717, 1.165) is 19.0 Å². The third-order valence-electron chi connectivity index (χ3n) is 3.95. The molecule has 0 amide bonds. The summed E-state index contributed by atoms with van der Waals surface area (Å²) in [6.07, 6.45) is 11.4. The van der Waals surface area contributed by atoms with Crippen molar-refractivity contribution in [3.8, 4) is 0 Å². The first-order valence-corrected chi connectivity index (χ1v) is 6.97. The highest BCUT2D eigenvalue weighted by molar-refractivity contribution is 4.78. The van der Waals surface area contributed by atoms with E-state index < -0.39 is 0 Å². The molecule has 2 unspecified atom stereocenters. The highest BCUT2D eigenvalue weighted by Crippen LogP contribution is 2.20. The van der Waals surface area contributed by atoms with Crippen molar-refractivity contribution in [2.45, 2.75) is 69.6 Å². The smallest absolute Gasteiger partial charge is 0.0704 e. The Hall–Kier alpha value is -0.120. The molecule has 3 N–H and O–H groups in total. The van der Waals surface area contributed by atoms with Crippen LogP contribution in [0, 0.1) is 0 Å². The molecule has 1 saturated heterocycles. The topological polar surface area (TPSA) is 47.3 Å². The van der Waals surface area contributed by atoms with Gasteiger partial charge in [-0.3, -0.25) is 0 Å². The minimum atomic E-state index is 0.320. The fourth-order valence-corrected chi connectivity index (χ4v) is 2.89. The maximum Gasteiger partial charge on any atom is 0.0704 e. The number of hydrogen-bond donors (Lipinski definition) is 2. The van der Waals surface area contributed by atoms with E-state index >= 15 is 0 Å². The van der Waals surface area contributed by atoms with E-state index in [1.807, 2.05) is 0 Å². The third kappa shape index (κ3) is 3.72. The van der Waals surface area contributed by atoms with Crippen LogP contribution >= 0.6 is 0 Å². The molecule has 1 aliphatic heterocycles. The van der Waals surface area contributed by atoms with Crippen LogP contribution in [0.1, 0.15) is 51.4 Å². The summed E-state index contributed by atoms with van der Waals surface area (Å²) < 4.78 is 5.85. The molecular weight excluding hydrogens is 200 g/mol. The molecule has 2 aliphatic rings. The Balaban J connectivity index is 1.63. The third-order valence-corrected chi connectivity index (χ3v) is 3.95. The van der Waals surface area contributed by atoms with E-state index in [2.05, 4.69) is 5.32 Å². The summed E-state index contributed by atoms with van der Waals surface area (Å²) >= 11 is 0. The van der Waals surface area contributed by atoms with Crippen molar-refractivity contribution in [1.82, 2.24) is 5.32 Å². The van der Waals surface area contributed by atoms with E-state index in [-0.39, 0.29) is 0 Å². The average molecular weight is 226 g/mol. The van der Waals surface area contributed by atoms with Crippen LogP contribution in [0.5, 0.6) is 0 Å². The highest BCUT2D eigenvalue weighted by atomic mass is 16.5. The Morgan fingerprint density at radius 3 is 2.25 bits per heavy atom. The van der Waals surface area contributed by atoms with Gasteiger partial charge < -0.3 is 15.8 Å². The van der Waals surface area contributed by atoms with Crippen LogP contribution in [0.25, 0.3) is 0 Å². The maximum atomic E-state index is 5.85. The van der Waals surface area contributed by atoms with Gasteiger partial charge in [0.25, 0.3) is 0 Å². The summed E-state index contributed by atoms with van der Waals surface area (Å²) in [6.45, 7) is 1.71. The van der Waals surface area contributed by atoms with Crippen LogP contribution in [0.4, 0.5) is 0 Å². The lowest BCUT2D eigenvalue weighted by Gasteiger charge is -2.19. The summed E-state index contributed by atoms with van der Waals surface area (Å²) in [5, 5.41) is 3.68. The van der Waals surface area contributed by atoms with Crippen LogP contribution < -0.4 is 11.1 Å². The molecule has 3 nitrogen and oxygen atoms in total. The molecule has 0 aromatic rings. The number of rotatable bonds is 4. The molecule has 1 heterocycles. The molecule has 3 heteroatoms. The molecule has 1 saturated carbocycles. The van der Waals surface area contributed by atoms with Crippen molar-refractivity contribution in [3.63, 3.8) is 0 Å². The first kappa shape index (κ1) is 12.3. The van der Waals surface area contributed by atoms with Gasteiger partial charge in [-0.05, 0) is 25.7 Å². The van der Waals surface area contributed by atoms with Gasteiger partial charge in [0.1, 0.15) is 0 Å². The van der Waals surface area contributed by atoms with Crippen molar-refractivity contribution >= 4 is 0 Å². The van der Waals surface area contributed by atoms with Gasteiger partial charge in [0.2, 0.25) is 0 Å². The second-order valence-corrected chi connectivity index (χ2v) is 5.29. The summed E-state index contributed by atoms with van der Waals surface area (Å²) in [7, 11) is 0. The first-order valence-electron chi connectivity index (χ1n) is 6.97. The standard InChI is InChI=1S/C13H26N2O/c14-9-12-7-8-13(16-12)10-15-11-5-3-1-2-4-6-11/h11-13,15H,1-10,14H2. The second kappa shape index (κ2) is 6.58. The fourth-order valence-electron chi connectivity index (χ4n) is 2.89. The number of nitrogens with one attached hydrogen (secondary N) is 1. The van der Waals surface area contributed by atoms with Crippen LogP contribution in [0.15, 0.2) is 0 Å². The van der Waals surface area contributed by atoms with Crippen molar-refractivity contribution in [2.24, 2.45) is 5.73 Å². The lowest BCUT2D eigenvalue weighted by molar-refractivity contribution is 0.0486. The Labute approximate surface area is 99.1 Å². The van der Waals surface area contributed by atoms with E-state index in [0.29, 0.717) is 18.8 Å². The van der Waals surface area contributed by atoms with Crippen molar-refractivity contribution in [2.75, 3.05) is 13.1 Å². The Morgan fingerprint density at radius 2 is 1.62 bits per heavy atom. The zero-order chi connectivity index (χ0) is 11.2. The van der Waals surface area contributed by atoms with Gasteiger partial charge in [0, 0.05) is 19.1 Å². The summed E-state index contributed by atoms with van der Waals surface area (Å²) in [5.74, 6) is 0. The predicted molar refractivity (Wildman–Crippen MR) is 66.4 cm³/mol. The number of nitrogens with two attached hydrogens (primary N) is 1. The Morgan fingerprint density at radius 1 is 0.938 bits per heavy atom. The highest BCUT2D eigenvalue weighted by Gasteiger charge is 2.24. The van der Waals surface area contributed by atoms with Gasteiger partial charge in [-0.15, -0.1) is 0 Å². The van der Waals surface area contributed by atoms with Crippen LogP contribution in [0.3, 0.4) is 0 Å². The first-order chi connectivity index (χ1) is 7.88. The summed E-state index contributed by atoms with van der Waals surface area (Å²) in [4.78, 5) is 0. The second-order valence-electron chi connectivity index (χ2n) is 5.29. The molecule has 0 bridgehead atoms. The Bertz CT molecular complexity index is 190. The van der Waals surface area contributed by atoms with E-state index in [1.165, 1.54) is 44.9 Å². The minimum Gasteiger partial charge on any atom is -0.372 e.